The first kappa shape index (κ1) is 32.0. The minimum Gasteiger partial charge on any atom is -0.495 e. The SMILES string of the molecule is CCCNC(=O)[C@@H](Cc1ccccc1)N(Cc1ccccc1)C(=O)CCCN(c1ccc(OC)c(Cl)c1)S(C)(=O)=O. The van der Waals surface area contributed by atoms with Crippen molar-refractivity contribution in [3.05, 3.63) is 95.0 Å². The van der Waals surface area contributed by atoms with Crippen LogP contribution < -0.4 is 14.4 Å². The van der Waals surface area contributed by atoms with Gasteiger partial charge in [0.25, 0.3) is 0 Å². The molecule has 1 N–H and O–H groups in total. The van der Waals surface area contributed by atoms with E-state index < -0.39 is 16.1 Å². The lowest BCUT2D eigenvalue weighted by Gasteiger charge is -2.32. The molecule has 0 saturated heterocycles. The van der Waals surface area contributed by atoms with Gasteiger partial charge in [0.05, 0.1) is 24.1 Å². The summed E-state index contributed by atoms with van der Waals surface area (Å²) >= 11 is 6.25. The zero-order valence-corrected chi connectivity index (χ0v) is 25.3. The molecule has 2 amide bonds. The summed E-state index contributed by atoms with van der Waals surface area (Å²) in [4.78, 5) is 28.8. The Morgan fingerprint density at radius 3 is 2.17 bits per heavy atom. The number of ether oxygens (including phenoxy) is 1. The lowest BCUT2D eigenvalue weighted by molar-refractivity contribution is -0.141. The quantitative estimate of drug-likeness (QED) is 0.263. The van der Waals surface area contributed by atoms with Gasteiger partial charge in [0, 0.05) is 32.5 Å². The number of carbonyl (C=O) groups excluding carboxylic acids is 2. The van der Waals surface area contributed by atoms with Crippen molar-refractivity contribution in [2.45, 2.75) is 45.2 Å². The molecule has 0 aliphatic rings. The molecule has 10 heteroatoms. The van der Waals surface area contributed by atoms with Crippen molar-refractivity contribution in [2.24, 2.45) is 0 Å². The molecule has 0 fully saturated rings. The van der Waals surface area contributed by atoms with E-state index in [0.717, 1.165) is 23.8 Å². The van der Waals surface area contributed by atoms with Crippen molar-refractivity contribution < 1.29 is 22.7 Å². The minimum atomic E-state index is -3.66. The van der Waals surface area contributed by atoms with Crippen molar-refractivity contribution in [3.63, 3.8) is 0 Å². The van der Waals surface area contributed by atoms with Crippen LogP contribution in [0.3, 0.4) is 0 Å². The van der Waals surface area contributed by atoms with Crippen molar-refractivity contribution in [1.82, 2.24) is 10.2 Å². The van der Waals surface area contributed by atoms with Gasteiger partial charge in [-0.25, -0.2) is 8.42 Å². The molecule has 0 unspecified atom stereocenters. The van der Waals surface area contributed by atoms with Crippen molar-refractivity contribution in [1.29, 1.82) is 0 Å². The lowest BCUT2D eigenvalue weighted by Crippen LogP contribution is -2.50. The van der Waals surface area contributed by atoms with E-state index in [-0.39, 0.29) is 42.8 Å². The average molecular weight is 600 g/mol. The maximum atomic E-state index is 13.8. The molecule has 0 heterocycles. The van der Waals surface area contributed by atoms with Gasteiger partial charge in [0.15, 0.2) is 0 Å². The van der Waals surface area contributed by atoms with Gasteiger partial charge in [-0.15, -0.1) is 0 Å². The molecule has 0 aromatic heterocycles. The highest BCUT2D eigenvalue weighted by Crippen LogP contribution is 2.30. The molecule has 0 bridgehead atoms. The standard InChI is InChI=1S/C31H38ClN3O5S/c1-4-19-33-31(37)28(21-24-12-7-5-8-13-24)34(23-25-14-9-6-10-15-25)30(36)16-11-20-35(41(3,38)39)26-17-18-29(40-2)27(32)22-26/h5-10,12-15,17-18,22,28H,4,11,16,19-21,23H2,1-3H3,(H,33,37)/t28-/m1/s1. The van der Waals surface area contributed by atoms with Gasteiger partial charge >= 0.3 is 0 Å². The van der Waals surface area contributed by atoms with Gasteiger partial charge < -0.3 is 15.0 Å². The molecule has 220 valence electrons. The Morgan fingerprint density at radius 1 is 0.976 bits per heavy atom. The first-order valence-electron chi connectivity index (χ1n) is 13.6. The van der Waals surface area contributed by atoms with E-state index in [1.807, 2.05) is 67.6 Å². The normalized spacial score (nSPS) is 11.9. The van der Waals surface area contributed by atoms with E-state index in [1.165, 1.54) is 17.5 Å². The minimum absolute atomic E-state index is 0.0507. The summed E-state index contributed by atoms with van der Waals surface area (Å²) in [6.45, 7) is 2.80. The summed E-state index contributed by atoms with van der Waals surface area (Å²) in [5, 5.41) is 3.24. The third-order valence-corrected chi connectivity index (χ3v) is 8.08. The predicted molar refractivity (Wildman–Crippen MR) is 164 cm³/mol. The molecule has 3 aromatic carbocycles. The second-order valence-electron chi connectivity index (χ2n) is 9.76. The van der Waals surface area contributed by atoms with Crippen LogP contribution in [0.15, 0.2) is 78.9 Å². The summed E-state index contributed by atoms with van der Waals surface area (Å²) in [6, 6.07) is 23.1. The summed E-state index contributed by atoms with van der Waals surface area (Å²) in [5.41, 5.74) is 2.22. The molecule has 8 nitrogen and oxygen atoms in total. The van der Waals surface area contributed by atoms with Crippen molar-refractivity contribution >= 4 is 39.1 Å². The Kier molecular flexibility index (Phi) is 12.0. The highest BCUT2D eigenvalue weighted by Gasteiger charge is 2.30. The smallest absolute Gasteiger partial charge is 0.243 e. The van der Waals surface area contributed by atoms with Crippen LogP contribution in [0.4, 0.5) is 5.69 Å². The number of rotatable bonds is 15. The number of anilines is 1. The molecule has 41 heavy (non-hydrogen) atoms. The first-order chi connectivity index (χ1) is 19.6. The van der Waals surface area contributed by atoms with E-state index in [2.05, 4.69) is 5.32 Å². The van der Waals surface area contributed by atoms with Gasteiger partial charge in [-0.3, -0.25) is 13.9 Å². The van der Waals surface area contributed by atoms with Crippen LogP contribution in [-0.2, 0) is 32.6 Å². The molecule has 3 aromatic rings. The van der Waals surface area contributed by atoms with Crippen LogP contribution in [0.2, 0.25) is 5.02 Å². The maximum Gasteiger partial charge on any atom is 0.243 e. The summed E-state index contributed by atoms with van der Waals surface area (Å²) < 4.78 is 31.7. The fourth-order valence-corrected chi connectivity index (χ4v) is 5.72. The Labute approximate surface area is 248 Å². The fraction of sp³-hybridized carbons (Fsp3) is 0.355. The fourth-order valence-electron chi connectivity index (χ4n) is 4.51. The van der Waals surface area contributed by atoms with E-state index in [1.54, 1.807) is 17.0 Å². The van der Waals surface area contributed by atoms with Gasteiger partial charge in [0.2, 0.25) is 21.8 Å². The van der Waals surface area contributed by atoms with E-state index in [0.29, 0.717) is 24.4 Å². The number of sulfonamides is 1. The first-order valence-corrected chi connectivity index (χ1v) is 15.8. The number of amides is 2. The number of nitrogens with zero attached hydrogens (tertiary/aromatic N) is 2. The Bertz CT molecular complexity index is 1390. The number of benzene rings is 3. The van der Waals surface area contributed by atoms with E-state index in [9.17, 15) is 18.0 Å². The van der Waals surface area contributed by atoms with Crippen LogP contribution >= 0.6 is 11.6 Å². The molecular formula is C31H38ClN3O5S. The third kappa shape index (κ3) is 9.50. The summed E-state index contributed by atoms with van der Waals surface area (Å²) in [5.74, 6) is -0.0188. The maximum absolute atomic E-state index is 13.8. The highest BCUT2D eigenvalue weighted by atomic mass is 35.5. The van der Waals surface area contributed by atoms with E-state index >= 15 is 0 Å². The monoisotopic (exact) mass is 599 g/mol. The van der Waals surface area contributed by atoms with Gasteiger partial charge in [-0.1, -0.05) is 79.2 Å². The molecule has 0 aliphatic heterocycles. The highest BCUT2D eigenvalue weighted by molar-refractivity contribution is 7.92. The zero-order valence-electron chi connectivity index (χ0n) is 23.8. The van der Waals surface area contributed by atoms with Gasteiger partial charge in [-0.05, 0) is 42.2 Å². The van der Waals surface area contributed by atoms with E-state index in [4.69, 9.17) is 16.3 Å². The number of hydrogen-bond acceptors (Lipinski definition) is 5. The Balaban J connectivity index is 1.85. The molecule has 3 rings (SSSR count). The summed E-state index contributed by atoms with van der Waals surface area (Å²) in [6.07, 6.45) is 2.54. The molecule has 0 aliphatic carbocycles. The Hall–Kier alpha value is -3.56. The third-order valence-electron chi connectivity index (χ3n) is 6.59. The number of nitrogens with one attached hydrogen (secondary N) is 1. The second-order valence-corrected chi connectivity index (χ2v) is 12.1. The predicted octanol–water partition coefficient (Wildman–Crippen LogP) is 5.06. The number of carbonyl (C=O) groups is 2. The molecule has 0 radical (unpaired) electrons. The summed E-state index contributed by atoms with van der Waals surface area (Å²) in [7, 11) is -2.18. The second kappa shape index (κ2) is 15.4. The Morgan fingerprint density at radius 2 is 1.61 bits per heavy atom. The number of halogens is 1. The topological polar surface area (TPSA) is 96.0 Å². The molecular weight excluding hydrogens is 562 g/mol. The van der Waals surface area contributed by atoms with Crippen molar-refractivity contribution in [2.75, 3.05) is 30.8 Å². The molecule has 1 atom stereocenters. The van der Waals surface area contributed by atoms with Crippen LogP contribution in [0, 0.1) is 0 Å². The van der Waals surface area contributed by atoms with Gasteiger partial charge in [-0.2, -0.15) is 0 Å². The van der Waals surface area contributed by atoms with Crippen LogP contribution in [-0.4, -0.2) is 57.6 Å². The van der Waals surface area contributed by atoms with Crippen molar-refractivity contribution in [3.8, 4) is 5.75 Å². The molecule has 0 saturated carbocycles. The lowest BCUT2D eigenvalue weighted by atomic mass is 10.0. The van der Waals surface area contributed by atoms with Crippen LogP contribution in [0.1, 0.15) is 37.3 Å². The number of methoxy groups -OCH3 is 1. The zero-order chi connectivity index (χ0) is 29.8. The molecule has 0 spiro atoms. The van der Waals surface area contributed by atoms with Gasteiger partial charge in [0.1, 0.15) is 11.8 Å². The number of hydrogen-bond donors (Lipinski definition) is 1. The van der Waals surface area contributed by atoms with Crippen LogP contribution in [0.25, 0.3) is 0 Å². The largest absolute Gasteiger partial charge is 0.495 e. The average Bonchev–Trinajstić information content (AvgIpc) is 2.96. The van der Waals surface area contributed by atoms with Crippen LogP contribution in [0.5, 0.6) is 5.75 Å².